The predicted octanol–water partition coefficient (Wildman–Crippen LogP) is 1.66. The van der Waals surface area contributed by atoms with Gasteiger partial charge in [0.05, 0.1) is 24.7 Å². The zero-order valence-electron chi connectivity index (χ0n) is 14.7. The zero-order chi connectivity index (χ0) is 18.7. The van der Waals surface area contributed by atoms with Gasteiger partial charge >= 0.3 is 0 Å². The molecule has 1 atom stereocenters. The minimum absolute atomic E-state index is 0.168. The van der Waals surface area contributed by atoms with Gasteiger partial charge in [-0.05, 0) is 12.5 Å². The van der Waals surface area contributed by atoms with Crippen LogP contribution in [0.3, 0.4) is 0 Å². The SMILES string of the molecule is CN(C)c1cncc(OC2CCN(S(=O)(=O)Cc3ccccc3F)C2)n1. The monoisotopic (exact) mass is 380 g/mol. The number of halogens is 1. The molecule has 2 aromatic rings. The molecule has 0 saturated carbocycles. The summed E-state index contributed by atoms with van der Waals surface area (Å²) in [4.78, 5) is 10.2. The molecule has 1 fully saturated rings. The van der Waals surface area contributed by atoms with Crippen LogP contribution in [0.2, 0.25) is 0 Å². The molecule has 0 spiro atoms. The minimum atomic E-state index is -3.61. The van der Waals surface area contributed by atoms with E-state index in [4.69, 9.17) is 4.74 Å². The number of rotatable bonds is 6. The fourth-order valence-electron chi connectivity index (χ4n) is 2.73. The Morgan fingerprint density at radius 1 is 1.31 bits per heavy atom. The predicted molar refractivity (Wildman–Crippen MR) is 96.0 cm³/mol. The average molecular weight is 380 g/mol. The van der Waals surface area contributed by atoms with Crippen LogP contribution < -0.4 is 9.64 Å². The summed E-state index contributed by atoms with van der Waals surface area (Å²) in [5, 5.41) is 0. The maximum absolute atomic E-state index is 13.7. The highest BCUT2D eigenvalue weighted by Gasteiger charge is 2.33. The van der Waals surface area contributed by atoms with E-state index in [2.05, 4.69) is 9.97 Å². The molecule has 7 nitrogen and oxygen atoms in total. The Morgan fingerprint density at radius 3 is 2.81 bits per heavy atom. The van der Waals surface area contributed by atoms with Crippen LogP contribution >= 0.6 is 0 Å². The van der Waals surface area contributed by atoms with Crippen molar-refractivity contribution in [1.82, 2.24) is 14.3 Å². The molecule has 1 aliphatic rings. The van der Waals surface area contributed by atoms with Crippen LogP contribution in [-0.4, -0.2) is 56.0 Å². The molecular weight excluding hydrogens is 359 g/mol. The Labute approximate surface area is 152 Å². The number of hydrogen-bond donors (Lipinski definition) is 0. The number of aromatic nitrogens is 2. The minimum Gasteiger partial charge on any atom is -0.472 e. The first-order chi connectivity index (χ1) is 12.3. The molecule has 0 N–H and O–H groups in total. The lowest BCUT2D eigenvalue weighted by Crippen LogP contribution is -2.32. The van der Waals surface area contributed by atoms with Gasteiger partial charge in [-0.1, -0.05) is 18.2 Å². The van der Waals surface area contributed by atoms with Gasteiger partial charge in [0, 0.05) is 26.2 Å². The van der Waals surface area contributed by atoms with Crippen LogP contribution in [0.4, 0.5) is 10.2 Å². The highest BCUT2D eigenvalue weighted by Crippen LogP contribution is 2.22. The van der Waals surface area contributed by atoms with Gasteiger partial charge in [-0.25, -0.2) is 12.8 Å². The zero-order valence-corrected chi connectivity index (χ0v) is 15.5. The van der Waals surface area contributed by atoms with Gasteiger partial charge in [0.15, 0.2) is 5.82 Å². The van der Waals surface area contributed by atoms with Crippen molar-refractivity contribution < 1.29 is 17.5 Å². The normalized spacial score (nSPS) is 18.0. The van der Waals surface area contributed by atoms with Crippen molar-refractivity contribution >= 4 is 15.8 Å². The van der Waals surface area contributed by atoms with Crippen molar-refractivity contribution in [1.29, 1.82) is 0 Å². The molecule has 140 valence electrons. The summed E-state index contributed by atoms with van der Waals surface area (Å²) in [7, 11) is 0.0819. The molecule has 0 amide bonds. The van der Waals surface area contributed by atoms with Crippen LogP contribution in [0.1, 0.15) is 12.0 Å². The third-order valence-electron chi connectivity index (χ3n) is 4.14. The Bertz CT molecular complexity index is 876. The number of hydrogen-bond acceptors (Lipinski definition) is 6. The van der Waals surface area contributed by atoms with E-state index in [-0.39, 0.29) is 24.0 Å². The summed E-state index contributed by atoms with van der Waals surface area (Å²) in [6.07, 6.45) is 3.36. The number of anilines is 1. The van der Waals surface area contributed by atoms with Gasteiger partial charge in [0.2, 0.25) is 15.9 Å². The van der Waals surface area contributed by atoms with E-state index in [1.807, 2.05) is 14.1 Å². The number of sulfonamides is 1. The lowest BCUT2D eigenvalue weighted by atomic mass is 10.2. The summed E-state index contributed by atoms with van der Waals surface area (Å²) in [6.45, 7) is 0.549. The van der Waals surface area contributed by atoms with Crippen molar-refractivity contribution in [2.45, 2.75) is 18.3 Å². The molecule has 1 unspecified atom stereocenters. The van der Waals surface area contributed by atoms with Gasteiger partial charge in [-0.3, -0.25) is 4.98 Å². The third-order valence-corrected chi connectivity index (χ3v) is 5.94. The van der Waals surface area contributed by atoms with E-state index < -0.39 is 15.8 Å². The van der Waals surface area contributed by atoms with E-state index in [9.17, 15) is 12.8 Å². The van der Waals surface area contributed by atoms with E-state index in [0.29, 0.717) is 24.7 Å². The van der Waals surface area contributed by atoms with Crippen molar-refractivity contribution in [3.8, 4) is 5.88 Å². The van der Waals surface area contributed by atoms with Crippen LogP contribution in [0.25, 0.3) is 0 Å². The van der Waals surface area contributed by atoms with E-state index >= 15 is 0 Å². The van der Waals surface area contributed by atoms with Gasteiger partial charge in [0.25, 0.3) is 0 Å². The lowest BCUT2D eigenvalue weighted by Gasteiger charge is -2.18. The van der Waals surface area contributed by atoms with Gasteiger partial charge in [-0.15, -0.1) is 0 Å². The highest BCUT2D eigenvalue weighted by molar-refractivity contribution is 7.88. The fraction of sp³-hybridized carbons (Fsp3) is 0.412. The topological polar surface area (TPSA) is 75.6 Å². The third kappa shape index (κ3) is 4.28. The second kappa shape index (κ2) is 7.55. The largest absolute Gasteiger partial charge is 0.472 e. The molecule has 1 aromatic carbocycles. The van der Waals surface area contributed by atoms with Gasteiger partial charge in [-0.2, -0.15) is 9.29 Å². The van der Waals surface area contributed by atoms with Gasteiger partial charge in [0.1, 0.15) is 11.9 Å². The molecule has 3 rings (SSSR count). The summed E-state index contributed by atoms with van der Waals surface area (Å²) in [5.41, 5.74) is 0.168. The number of ether oxygens (including phenoxy) is 1. The Kier molecular flexibility index (Phi) is 5.38. The van der Waals surface area contributed by atoms with Crippen LogP contribution in [-0.2, 0) is 15.8 Å². The standard InChI is InChI=1S/C17H21FN4O3S/c1-21(2)16-9-19-10-17(20-16)25-14-7-8-22(11-14)26(23,24)12-13-5-3-4-6-15(13)18/h3-6,9-10,14H,7-8,11-12H2,1-2H3. The smallest absolute Gasteiger partial charge is 0.234 e. The molecule has 1 aliphatic heterocycles. The van der Waals surface area contributed by atoms with Crippen molar-refractivity contribution in [3.05, 3.63) is 48.0 Å². The molecule has 0 radical (unpaired) electrons. The van der Waals surface area contributed by atoms with E-state index in [1.54, 1.807) is 17.2 Å². The van der Waals surface area contributed by atoms with E-state index in [1.165, 1.54) is 28.7 Å². The highest BCUT2D eigenvalue weighted by atomic mass is 32.2. The van der Waals surface area contributed by atoms with Crippen molar-refractivity contribution in [2.75, 3.05) is 32.1 Å². The van der Waals surface area contributed by atoms with E-state index in [0.717, 1.165) is 0 Å². The van der Waals surface area contributed by atoms with Crippen molar-refractivity contribution in [3.63, 3.8) is 0 Å². The second-order valence-corrected chi connectivity index (χ2v) is 8.31. The summed E-state index contributed by atoms with van der Waals surface area (Å²) in [6, 6.07) is 5.91. The maximum atomic E-state index is 13.7. The molecule has 1 aromatic heterocycles. The molecule has 9 heteroatoms. The Balaban J connectivity index is 1.64. The van der Waals surface area contributed by atoms with Crippen LogP contribution in [0.15, 0.2) is 36.7 Å². The quantitative estimate of drug-likeness (QED) is 0.759. The van der Waals surface area contributed by atoms with Crippen LogP contribution in [0, 0.1) is 5.82 Å². The average Bonchev–Trinajstić information content (AvgIpc) is 3.06. The number of nitrogens with zero attached hydrogens (tertiary/aromatic N) is 4. The fourth-order valence-corrected chi connectivity index (χ4v) is 4.32. The number of benzene rings is 1. The van der Waals surface area contributed by atoms with Gasteiger partial charge < -0.3 is 9.64 Å². The summed E-state index contributed by atoms with van der Waals surface area (Å²) >= 11 is 0. The first-order valence-corrected chi connectivity index (χ1v) is 9.83. The lowest BCUT2D eigenvalue weighted by molar-refractivity contribution is 0.206. The molecule has 0 bridgehead atoms. The molecule has 26 heavy (non-hydrogen) atoms. The maximum Gasteiger partial charge on any atom is 0.234 e. The molecule has 2 heterocycles. The molecule has 1 saturated heterocycles. The first-order valence-electron chi connectivity index (χ1n) is 8.22. The molecular formula is C17H21FN4O3S. The summed E-state index contributed by atoms with van der Waals surface area (Å²) in [5.74, 6) is 0.139. The van der Waals surface area contributed by atoms with Crippen LogP contribution in [0.5, 0.6) is 5.88 Å². The van der Waals surface area contributed by atoms with Crippen molar-refractivity contribution in [2.24, 2.45) is 0 Å². The summed E-state index contributed by atoms with van der Waals surface area (Å²) < 4.78 is 46.0. The second-order valence-electron chi connectivity index (χ2n) is 6.34. The Hall–Kier alpha value is -2.26. The molecule has 0 aliphatic carbocycles. The Morgan fingerprint density at radius 2 is 2.08 bits per heavy atom. The first kappa shape index (κ1) is 18.5.